The molecule has 3 aliphatic rings. The summed E-state index contributed by atoms with van der Waals surface area (Å²) in [5.74, 6) is -1.68. The fourth-order valence-electron chi connectivity index (χ4n) is 6.90. The summed E-state index contributed by atoms with van der Waals surface area (Å²) in [5.41, 5.74) is 4.47. The second kappa shape index (κ2) is 9.01. The molecule has 4 heterocycles. The van der Waals surface area contributed by atoms with Crippen LogP contribution in [0.15, 0.2) is 90.3 Å². The number of nitrogens with one attached hydrogen (secondary N) is 1. The monoisotopic (exact) mass is 564 g/mol. The molecule has 1 fully saturated rings. The predicted molar refractivity (Wildman–Crippen MR) is 160 cm³/mol. The van der Waals surface area contributed by atoms with Gasteiger partial charge < -0.3 is 10.2 Å². The summed E-state index contributed by atoms with van der Waals surface area (Å²) in [6, 6.07) is 22.6. The lowest BCUT2D eigenvalue weighted by atomic mass is 9.64. The van der Waals surface area contributed by atoms with Crippen LogP contribution in [0.3, 0.4) is 0 Å². The fourth-order valence-corrected chi connectivity index (χ4v) is 7.73. The van der Waals surface area contributed by atoms with Crippen molar-refractivity contribution in [1.82, 2.24) is 0 Å². The molecule has 1 spiro atoms. The zero-order chi connectivity index (χ0) is 27.8. The number of rotatable bonds is 4. The summed E-state index contributed by atoms with van der Waals surface area (Å²) < 4.78 is 0. The van der Waals surface area contributed by atoms with E-state index in [0.29, 0.717) is 21.2 Å². The van der Waals surface area contributed by atoms with Crippen LogP contribution >= 0.6 is 22.9 Å². The smallest absolute Gasteiger partial charge is 0.238 e. The van der Waals surface area contributed by atoms with E-state index in [-0.39, 0.29) is 17.5 Å². The molecule has 3 aliphatic heterocycles. The van der Waals surface area contributed by atoms with Crippen LogP contribution in [0.1, 0.15) is 43.6 Å². The molecule has 7 heteroatoms. The number of benzene rings is 3. The average molecular weight is 565 g/mol. The number of thiophene rings is 1. The van der Waals surface area contributed by atoms with E-state index in [4.69, 9.17) is 11.6 Å². The number of nitrogens with zero attached hydrogens (tertiary/aromatic N) is 1. The predicted octanol–water partition coefficient (Wildman–Crippen LogP) is 6.96. The van der Waals surface area contributed by atoms with Gasteiger partial charge in [0, 0.05) is 27.5 Å². The minimum atomic E-state index is -1.32. The molecule has 0 radical (unpaired) electrons. The molecule has 0 aliphatic carbocycles. The van der Waals surface area contributed by atoms with Crippen LogP contribution in [0.5, 0.6) is 0 Å². The Hall–Kier alpha value is -4.00. The maximum atomic E-state index is 14.7. The van der Waals surface area contributed by atoms with Crippen LogP contribution in [0, 0.1) is 12.8 Å². The van der Waals surface area contributed by atoms with Crippen LogP contribution in [0.2, 0.25) is 5.02 Å². The second-order valence-corrected chi connectivity index (χ2v) is 12.1. The third-order valence-electron chi connectivity index (χ3n) is 8.58. The van der Waals surface area contributed by atoms with Gasteiger partial charge in [0.15, 0.2) is 11.6 Å². The Bertz CT molecular complexity index is 1740. The van der Waals surface area contributed by atoms with Crippen molar-refractivity contribution < 1.29 is 14.4 Å². The number of hydrogen-bond donors (Lipinski definition) is 1. The second-order valence-electron chi connectivity index (χ2n) is 10.7. The van der Waals surface area contributed by atoms with Crippen molar-refractivity contribution in [3.8, 4) is 0 Å². The van der Waals surface area contributed by atoms with E-state index in [1.165, 1.54) is 11.3 Å². The van der Waals surface area contributed by atoms with Crippen molar-refractivity contribution in [2.45, 2.75) is 31.3 Å². The van der Waals surface area contributed by atoms with E-state index >= 15 is 0 Å². The van der Waals surface area contributed by atoms with Crippen molar-refractivity contribution in [1.29, 1.82) is 0 Å². The molecular weight excluding hydrogens is 540 g/mol. The summed E-state index contributed by atoms with van der Waals surface area (Å²) in [6.45, 7) is 4.07. The summed E-state index contributed by atoms with van der Waals surface area (Å²) in [5, 5.41) is 5.44. The normalized spacial score (nSPS) is 24.3. The Labute approximate surface area is 241 Å². The molecule has 0 unspecified atom stereocenters. The molecule has 4 aromatic rings. The van der Waals surface area contributed by atoms with Crippen molar-refractivity contribution in [2.24, 2.45) is 5.92 Å². The Balaban J connectivity index is 1.56. The van der Waals surface area contributed by atoms with E-state index in [2.05, 4.69) is 17.5 Å². The number of para-hydroxylation sites is 1. The first kappa shape index (κ1) is 25.0. The van der Waals surface area contributed by atoms with Gasteiger partial charge in [-0.2, -0.15) is 0 Å². The number of anilines is 2. The van der Waals surface area contributed by atoms with E-state index in [0.717, 1.165) is 28.0 Å². The number of amides is 1. The highest BCUT2D eigenvalue weighted by Crippen LogP contribution is 2.59. The molecule has 40 heavy (non-hydrogen) atoms. The largest absolute Gasteiger partial charge is 0.352 e. The van der Waals surface area contributed by atoms with Crippen molar-refractivity contribution in [2.75, 3.05) is 10.2 Å². The first-order valence-electron chi connectivity index (χ1n) is 13.2. The molecule has 1 N–H and O–H groups in total. The Morgan fingerprint density at radius 2 is 1.73 bits per heavy atom. The lowest BCUT2D eigenvalue weighted by Gasteiger charge is -2.39. The number of hydrogen-bond acceptors (Lipinski definition) is 5. The van der Waals surface area contributed by atoms with Crippen LogP contribution in [-0.2, 0) is 10.2 Å². The molecule has 1 amide bonds. The third kappa shape index (κ3) is 3.36. The number of carbonyl (C=O) groups excluding carboxylic acids is 3. The minimum Gasteiger partial charge on any atom is -0.352 e. The zero-order valence-corrected chi connectivity index (χ0v) is 23.4. The van der Waals surface area contributed by atoms with Gasteiger partial charge in [0.05, 0.1) is 16.8 Å². The first-order valence-corrected chi connectivity index (χ1v) is 14.4. The quantitative estimate of drug-likeness (QED) is 0.272. The average Bonchev–Trinajstić information content (AvgIpc) is 3.66. The van der Waals surface area contributed by atoms with Crippen LogP contribution < -0.4 is 10.2 Å². The molecule has 4 atom stereocenters. The first-order chi connectivity index (χ1) is 19.3. The third-order valence-corrected chi connectivity index (χ3v) is 9.71. The van der Waals surface area contributed by atoms with Gasteiger partial charge in [0.1, 0.15) is 11.5 Å². The number of fused-ring (bicyclic) bond motifs is 6. The van der Waals surface area contributed by atoms with Gasteiger partial charge in [-0.1, -0.05) is 53.6 Å². The lowest BCUT2D eigenvalue weighted by molar-refractivity contribution is -0.121. The molecule has 1 aromatic heterocycles. The van der Waals surface area contributed by atoms with Gasteiger partial charge in [-0.05, 0) is 78.9 Å². The number of aryl methyl sites for hydroxylation is 1. The van der Waals surface area contributed by atoms with E-state index in [9.17, 15) is 14.4 Å². The summed E-state index contributed by atoms with van der Waals surface area (Å²) in [7, 11) is 0. The maximum absolute atomic E-state index is 14.7. The Morgan fingerprint density at radius 3 is 2.48 bits per heavy atom. The van der Waals surface area contributed by atoms with Gasteiger partial charge in [-0.3, -0.25) is 14.4 Å². The molecule has 5 nitrogen and oxygen atoms in total. The van der Waals surface area contributed by atoms with Crippen LogP contribution in [0.25, 0.3) is 5.57 Å². The number of halogens is 1. The molecule has 198 valence electrons. The van der Waals surface area contributed by atoms with Gasteiger partial charge in [0.2, 0.25) is 5.91 Å². The Morgan fingerprint density at radius 1 is 0.950 bits per heavy atom. The number of ketones is 2. The number of Topliss-reactive ketones (excluding diaryl/α,β-unsaturated/α-hetero) is 2. The minimum absolute atomic E-state index is 0.166. The van der Waals surface area contributed by atoms with E-state index < -0.39 is 23.4 Å². The van der Waals surface area contributed by atoms with Gasteiger partial charge >= 0.3 is 0 Å². The molecular formula is C33H25ClN2O3S. The summed E-state index contributed by atoms with van der Waals surface area (Å²) in [6.07, 6.45) is 2.08. The molecule has 3 aromatic carbocycles. The van der Waals surface area contributed by atoms with Gasteiger partial charge in [-0.25, -0.2) is 0 Å². The zero-order valence-electron chi connectivity index (χ0n) is 21.9. The number of allylic oxidation sites excluding steroid dienone is 1. The number of carbonyl (C=O) groups is 3. The molecule has 0 saturated carbocycles. The highest BCUT2D eigenvalue weighted by molar-refractivity contribution is 7.12. The summed E-state index contributed by atoms with van der Waals surface area (Å²) in [4.78, 5) is 46.2. The molecule has 0 bridgehead atoms. The Kier molecular flexibility index (Phi) is 5.63. The highest BCUT2D eigenvalue weighted by atomic mass is 35.5. The lowest BCUT2D eigenvalue weighted by Crippen LogP contribution is -2.51. The van der Waals surface area contributed by atoms with Gasteiger partial charge in [-0.15, -0.1) is 11.3 Å². The van der Waals surface area contributed by atoms with E-state index in [1.807, 2.05) is 66.6 Å². The van der Waals surface area contributed by atoms with Crippen LogP contribution in [-0.4, -0.2) is 29.6 Å². The standard InChI is InChI=1S/C33H25ClN2O3S/c1-18-9-14-25-22(16-18)19(2)17-27-33(23-6-3-4-7-24(23)35-32(33)39)28(30(37)20-10-12-21(34)13-11-20)29(36(25)27)31(38)26-8-5-15-40-26/h3-17,27-29H,1-2H3,(H,35,39)/t27-,28-,29-,33-/m0/s1. The van der Waals surface area contributed by atoms with Gasteiger partial charge in [0.25, 0.3) is 0 Å². The van der Waals surface area contributed by atoms with E-state index in [1.54, 1.807) is 30.3 Å². The topological polar surface area (TPSA) is 66.5 Å². The van der Waals surface area contributed by atoms with Crippen molar-refractivity contribution in [3.05, 3.63) is 122 Å². The maximum Gasteiger partial charge on any atom is 0.238 e. The van der Waals surface area contributed by atoms with Crippen molar-refractivity contribution in [3.63, 3.8) is 0 Å². The van der Waals surface area contributed by atoms with Crippen LogP contribution in [0.4, 0.5) is 11.4 Å². The van der Waals surface area contributed by atoms with Crippen molar-refractivity contribution >= 4 is 57.4 Å². The SMILES string of the molecule is CC1=C[C@@H]2N(c3ccc(C)cc31)[C@H](C(=O)c1cccs1)[C@@H](C(=O)c1ccc(Cl)cc1)[C@@]21C(=O)Nc2ccccc21. The summed E-state index contributed by atoms with van der Waals surface area (Å²) >= 11 is 7.52. The fraction of sp³-hybridized carbons (Fsp3) is 0.182. The molecule has 1 saturated heterocycles. The highest BCUT2D eigenvalue weighted by Gasteiger charge is 2.70. The molecule has 7 rings (SSSR count).